The zero-order valence-electron chi connectivity index (χ0n) is 18.9. The Morgan fingerprint density at radius 1 is 0.944 bits per heavy atom. The van der Waals surface area contributed by atoms with Gasteiger partial charge in [-0.15, -0.1) is 0 Å². The van der Waals surface area contributed by atoms with Crippen LogP contribution in [-0.2, 0) is 6.54 Å². The lowest BCUT2D eigenvalue weighted by Gasteiger charge is -2.26. The number of thiocarbonyl (C=S) groups is 1. The Morgan fingerprint density at radius 2 is 1.64 bits per heavy atom. The van der Waals surface area contributed by atoms with Gasteiger partial charge in [-0.3, -0.25) is 4.98 Å². The van der Waals surface area contributed by atoms with Crippen LogP contribution in [0.1, 0.15) is 49.8 Å². The fourth-order valence-electron chi connectivity index (χ4n) is 4.35. The molecule has 1 saturated heterocycles. The van der Waals surface area contributed by atoms with E-state index in [4.69, 9.17) is 16.6 Å². The molecule has 1 fully saturated rings. The quantitative estimate of drug-likeness (QED) is 0.305. The summed E-state index contributed by atoms with van der Waals surface area (Å²) in [5.41, 5.74) is 1.95. The van der Waals surface area contributed by atoms with Crippen LogP contribution in [0.2, 0.25) is 0 Å². The second-order valence-electron chi connectivity index (χ2n) is 8.35. The molecule has 9 heteroatoms. The highest BCUT2D eigenvalue weighted by molar-refractivity contribution is 7.80. The molecule has 1 aliphatic heterocycles. The third-order valence-electron chi connectivity index (χ3n) is 6.02. The predicted octanol–water partition coefficient (Wildman–Crippen LogP) is 4.91. The second kappa shape index (κ2) is 9.63. The van der Waals surface area contributed by atoms with Gasteiger partial charge in [0.05, 0.1) is 22.9 Å². The number of nitrogens with one attached hydrogen (secondary N) is 1. The molecule has 4 aromatic rings. The lowest BCUT2D eigenvalue weighted by atomic mass is 10.0. The molecule has 36 heavy (non-hydrogen) atoms. The molecule has 0 aliphatic carbocycles. The fraction of sp³-hybridized carbons (Fsp3) is 0.111. The van der Waals surface area contributed by atoms with E-state index < -0.39 is 11.9 Å². The van der Waals surface area contributed by atoms with Crippen molar-refractivity contribution in [3.05, 3.63) is 113 Å². The Labute approximate surface area is 211 Å². The Hall–Kier alpha value is -4.50. The molecule has 0 radical (unpaired) electrons. The van der Waals surface area contributed by atoms with E-state index in [9.17, 15) is 19.8 Å². The van der Waals surface area contributed by atoms with E-state index >= 15 is 0 Å². The lowest BCUT2D eigenvalue weighted by molar-refractivity contribution is 0.0696. The molecule has 0 amide bonds. The Morgan fingerprint density at radius 3 is 2.28 bits per heavy atom. The van der Waals surface area contributed by atoms with Crippen LogP contribution in [0, 0.1) is 0 Å². The molecule has 3 heterocycles. The van der Waals surface area contributed by atoms with Gasteiger partial charge in [-0.05, 0) is 60.2 Å². The van der Waals surface area contributed by atoms with Gasteiger partial charge in [-0.2, -0.15) is 0 Å². The summed E-state index contributed by atoms with van der Waals surface area (Å²) in [6.45, 7) is 0.536. The largest absolute Gasteiger partial charge is 0.478 e. The summed E-state index contributed by atoms with van der Waals surface area (Å²) in [5.74, 6) is -1.50. The van der Waals surface area contributed by atoms with E-state index in [0.717, 1.165) is 17.3 Å². The molecule has 5 rings (SSSR count). The van der Waals surface area contributed by atoms with E-state index in [2.05, 4.69) is 10.3 Å². The standard InChI is InChI=1S/C27H21N3O5S/c31-25(32)18-12-17(13-19(14-18)26(33)34)21-9-10-22(35-21)24-23(20-8-4-5-11-28-20)29-27(36)30(24)15-16-6-2-1-3-7-16/h1-14,23-24H,15H2,(H,29,36)(H,31,32)(H,33,34)/t23-,24+/m1/s1. The molecule has 0 spiro atoms. The van der Waals surface area contributed by atoms with Crippen LogP contribution in [0.5, 0.6) is 0 Å². The molecular weight excluding hydrogens is 478 g/mol. The number of hydrogen-bond acceptors (Lipinski definition) is 5. The minimum absolute atomic E-state index is 0.136. The molecule has 8 nitrogen and oxygen atoms in total. The number of pyridine rings is 1. The topological polar surface area (TPSA) is 116 Å². The summed E-state index contributed by atoms with van der Waals surface area (Å²) in [5, 5.41) is 22.8. The van der Waals surface area contributed by atoms with Gasteiger partial charge in [0.1, 0.15) is 17.6 Å². The number of carboxylic acids is 2. The smallest absolute Gasteiger partial charge is 0.335 e. The minimum atomic E-state index is -1.22. The molecule has 2 aromatic carbocycles. The molecule has 2 aromatic heterocycles. The number of nitrogens with zero attached hydrogens (tertiary/aromatic N) is 2. The molecule has 0 saturated carbocycles. The SMILES string of the molecule is O=C(O)c1cc(C(=O)O)cc(-c2ccc([C@H]3[C@@H](c4ccccn4)NC(=S)N3Cc3ccccc3)o2)c1. The van der Waals surface area contributed by atoms with E-state index in [0.29, 0.717) is 28.7 Å². The van der Waals surface area contributed by atoms with Crippen LogP contribution >= 0.6 is 12.2 Å². The number of hydrogen-bond donors (Lipinski definition) is 3. The highest BCUT2D eigenvalue weighted by Crippen LogP contribution is 2.41. The van der Waals surface area contributed by atoms with Crippen molar-refractivity contribution in [1.82, 2.24) is 15.2 Å². The first-order valence-corrected chi connectivity index (χ1v) is 11.6. The Kier molecular flexibility index (Phi) is 6.22. The number of aromatic carboxylic acids is 2. The minimum Gasteiger partial charge on any atom is -0.478 e. The summed E-state index contributed by atoms with van der Waals surface area (Å²) in [6.07, 6.45) is 1.72. The maximum atomic E-state index is 11.6. The van der Waals surface area contributed by atoms with Gasteiger partial charge >= 0.3 is 11.9 Å². The van der Waals surface area contributed by atoms with Crippen LogP contribution in [0.3, 0.4) is 0 Å². The van der Waals surface area contributed by atoms with Crippen molar-refractivity contribution in [2.45, 2.75) is 18.6 Å². The summed E-state index contributed by atoms with van der Waals surface area (Å²) in [4.78, 5) is 29.7. The molecular formula is C27H21N3O5S. The van der Waals surface area contributed by atoms with Crippen LogP contribution in [0.25, 0.3) is 11.3 Å². The van der Waals surface area contributed by atoms with Crippen LogP contribution in [0.15, 0.2) is 89.5 Å². The second-order valence-corrected chi connectivity index (χ2v) is 8.74. The maximum absolute atomic E-state index is 11.6. The highest BCUT2D eigenvalue weighted by atomic mass is 32.1. The zero-order valence-corrected chi connectivity index (χ0v) is 19.7. The Bertz CT molecular complexity index is 1410. The highest BCUT2D eigenvalue weighted by Gasteiger charge is 2.41. The number of aromatic nitrogens is 1. The lowest BCUT2D eigenvalue weighted by Crippen LogP contribution is -2.29. The van der Waals surface area contributed by atoms with E-state index in [-0.39, 0.29) is 23.2 Å². The summed E-state index contributed by atoms with van der Waals surface area (Å²) < 4.78 is 6.24. The number of benzene rings is 2. The van der Waals surface area contributed by atoms with Gasteiger partial charge in [0.2, 0.25) is 0 Å². The molecule has 0 unspecified atom stereocenters. The third kappa shape index (κ3) is 4.56. The fourth-order valence-corrected chi connectivity index (χ4v) is 4.65. The van der Waals surface area contributed by atoms with Crippen molar-refractivity contribution in [3.63, 3.8) is 0 Å². The first-order valence-electron chi connectivity index (χ1n) is 11.1. The van der Waals surface area contributed by atoms with Crippen LogP contribution in [-0.4, -0.2) is 37.1 Å². The normalized spacial score (nSPS) is 17.1. The molecule has 180 valence electrons. The van der Waals surface area contributed by atoms with Gasteiger partial charge < -0.3 is 24.8 Å². The van der Waals surface area contributed by atoms with E-state index in [1.54, 1.807) is 18.3 Å². The number of rotatable bonds is 7. The van der Waals surface area contributed by atoms with Gasteiger partial charge in [-0.25, -0.2) is 9.59 Å². The zero-order chi connectivity index (χ0) is 25.2. The number of carbonyl (C=O) groups is 2. The molecule has 0 bridgehead atoms. The summed E-state index contributed by atoms with van der Waals surface area (Å²) in [7, 11) is 0. The van der Waals surface area contributed by atoms with Gasteiger partial charge in [0, 0.05) is 18.3 Å². The van der Waals surface area contributed by atoms with Gasteiger partial charge in [0.15, 0.2) is 5.11 Å². The molecule has 1 aliphatic rings. The van der Waals surface area contributed by atoms with E-state index in [1.165, 1.54) is 12.1 Å². The van der Waals surface area contributed by atoms with Crippen molar-refractivity contribution in [2.24, 2.45) is 0 Å². The average Bonchev–Trinajstić information content (AvgIpc) is 3.50. The number of furan rings is 1. The average molecular weight is 500 g/mol. The van der Waals surface area contributed by atoms with Gasteiger partial charge in [0.25, 0.3) is 0 Å². The Balaban J connectivity index is 1.56. The first-order chi connectivity index (χ1) is 17.4. The summed E-state index contributed by atoms with van der Waals surface area (Å²) >= 11 is 5.70. The van der Waals surface area contributed by atoms with Gasteiger partial charge in [-0.1, -0.05) is 36.4 Å². The first kappa shape index (κ1) is 23.3. The van der Waals surface area contributed by atoms with E-state index in [1.807, 2.05) is 53.4 Å². The molecule has 3 N–H and O–H groups in total. The predicted molar refractivity (Wildman–Crippen MR) is 136 cm³/mol. The number of carboxylic acid groups (broad SMARTS) is 2. The molecule has 2 atom stereocenters. The van der Waals surface area contributed by atoms with Crippen molar-refractivity contribution in [2.75, 3.05) is 0 Å². The maximum Gasteiger partial charge on any atom is 0.335 e. The van der Waals surface area contributed by atoms with Crippen molar-refractivity contribution in [3.8, 4) is 11.3 Å². The summed E-state index contributed by atoms with van der Waals surface area (Å²) in [6, 6.07) is 22.4. The van der Waals surface area contributed by atoms with Crippen LogP contribution < -0.4 is 5.32 Å². The van der Waals surface area contributed by atoms with Crippen molar-refractivity contribution in [1.29, 1.82) is 0 Å². The van der Waals surface area contributed by atoms with Crippen molar-refractivity contribution < 1.29 is 24.2 Å². The van der Waals surface area contributed by atoms with Crippen molar-refractivity contribution >= 4 is 29.3 Å². The van der Waals surface area contributed by atoms with Crippen LogP contribution in [0.4, 0.5) is 0 Å². The third-order valence-corrected chi connectivity index (χ3v) is 6.38. The monoisotopic (exact) mass is 499 g/mol.